The van der Waals surface area contributed by atoms with Crippen LogP contribution in [0.4, 0.5) is 0 Å². The Balaban J connectivity index is 2.53. The Kier molecular flexibility index (Phi) is 3.33. The van der Waals surface area contributed by atoms with Crippen molar-refractivity contribution in [3.63, 3.8) is 0 Å². The van der Waals surface area contributed by atoms with Gasteiger partial charge in [0.25, 0.3) is 0 Å². The van der Waals surface area contributed by atoms with Crippen molar-refractivity contribution in [2.45, 2.75) is 52.1 Å². The van der Waals surface area contributed by atoms with Crippen molar-refractivity contribution in [3.05, 3.63) is 0 Å². The van der Waals surface area contributed by atoms with Gasteiger partial charge in [-0.05, 0) is 26.2 Å². The molecule has 0 aromatic rings. The largest absolute Gasteiger partial charge is 0.394 e. The fourth-order valence-corrected chi connectivity index (χ4v) is 1.73. The van der Waals surface area contributed by atoms with Gasteiger partial charge in [0.05, 0.1) is 12.7 Å². The van der Waals surface area contributed by atoms with E-state index in [0.29, 0.717) is 5.92 Å². The third-order valence-electron chi connectivity index (χ3n) is 2.17. The van der Waals surface area contributed by atoms with Crippen LogP contribution in [0.15, 0.2) is 0 Å². The lowest BCUT2D eigenvalue weighted by molar-refractivity contribution is -0.150. The molecule has 1 N–H and O–H groups in total. The van der Waals surface area contributed by atoms with Gasteiger partial charge in [0.1, 0.15) is 6.10 Å². The molecule has 0 saturated carbocycles. The molecule has 13 heavy (non-hydrogen) atoms. The topological polar surface area (TPSA) is 38.7 Å². The average molecular weight is 188 g/mol. The fraction of sp³-hybridized carbons (Fsp3) is 1.00. The van der Waals surface area contributed by atoms with Crippen LogP contribution >= 0.6 is 0 Å². The summed E-state index contributed by atoms with van der Waals surface area (Å²) in [4.78, 5) is 0. The summed E-state index contributed by atoms with van der Waals surface area (Å²) < 4.78 is 11.2. The first-order valence-electron chi connectivity index (χ1n) is 4.91. The van der Waals surface area contributed by atoms with E-state index in [1.54, 1.807) is 0 Å². The Morgan fingerprint density at radius 3 is 2.23 bits per heavy atom. The molecular formula is C10H20O3. The number of aliphatic hydroxyl groups excluding tert-OH is 1. The van der Waals surface area contributed by atoms with Crippen LogP contribution in [0.5, 0.6) is 0 Å². The molecule has 1 saturated heterocycles. The van der Waals surface area contributed by atoms with Gasteiger partial charge in [0.15, 0.2) is 5.79 Å². The molecule has 0 amide bonds. The van der Waals surface area contributed by atoms with Crippen LogP contribution in [-0.4, -0.2) is 29.7 Å². The molecule has 1 rings (SSSR count). The zero-order chi connectivity index (χ0) is 10.1. The average Bonchev–Trinajstić information content (AvgIpc) is 2.24. The maximum Gasteiger partial charge on any atom is 0.163 e. The van der Waals surface area contributed by atoms with Gasteiger partial charge in [0, 0.05) is 0 Å². The Morgan fingerprint density at radius 2 is 1.77 bits per heavy atom. The van der Waals surface area contributed by atoms with Gasteiger partial charge in [0.2, 0.25) is 0 Å². The smallest absolute Gasteiger partial charge is 0.163 e. The molecule has 3 nitrogen and oxygen atoms in total. The van der Waals surface area contributed by atoms with Crippen LogP contribution in [0, 0.1) is 5.92 Å². The highest BCUT2D eigenvalue weighted by Crippen LogP contribution is 2.31. The zero-order valence-electron chi connectivity index (χ0n) is 8.91. The van der Waals surface area contributed by atoms with Crippen molar-refractivity contribution >= 4 is 0 Å². The van der Waals surface area contributed by atoms with E-state index in [1.807, 2.05) is 13.8 Å². The number of hydrogen-bond donors (Lipinski definition) is 1. The summed E-state index contributed by atoms with van der Waals surface area (Å²) >= 11 is 0. The molecule has 1 aliphatic rings. The second-order valence-corrected chi connectivity index (χ2v) is 4.52. The van der Waals surface area contributed by atoms with E-state index < -0.39 is 5.79 Å². The molecule has 0 aliphatic carbocycles. The number of rotatable bonds is 3. The summed E-state index contributed by atoms with van der Waals surface area (Å²) in [5.74, 6) is 0.0315. The lowest BCUT2D eigenvalue weighted by Crippen LogP contribution is -2.27. The molecule has 0 aromatic heterocycles. The highest BCUT2D eigenvalue weighted by atomic mass is 16.8. The van der Waals surface area contributed by atoms with Gasteiger partial charge < -0.3 is 14.6 Å². The Bertz CT molecular complexity index is 166. The summed E-state index contributed by atoms with van der Waals surface area (Å²) in [5.41, 5.74) is 0. The van der Waals surface area contributed by atoms with Crippen molar-refractivity contribution in [3.8, 4) is 0 Å². The SMILES string of the molecule is CC(C)C[C@@H]1OC(C)(C)O[C@H]1CO. The summed E-state index contributed by atoms with van der Waals surface area (Å²) in [7, 11) is 0. The van der Waals surface area contributed by atoms with Gasteiger partial charge in [-0.15, -0.1) is 0 Å². The fourth-order valence-electron chi connectivity index (χ4n) is 1.73. The van der Waals surface area contributed by atoms with Crippen LogP contribution < -0.4 is 0 Å². The van der Waals surface area contributed by atoms with Crippen LogP contribution in [0.3, 0.4) is 0 Å². The molecule has 2 atom stereocenters. The van der Waals surface area contributed by atoms with Gasteiger partial charge in [-0.1, -0.05) is 13.8 Å². The molecule has 0 spiro atoms. The van der Waals surface area contributed by atoms with Gasteiger partial charge in [-0.25, -0.2) is 0 Å². The first-order valence-corrected chi connectivity index (χ1v) is 4.91. The highest BCUT2D eigenvalue weighted by molar-refractivity contribution is 4.81. The standard InChI is InChI=1S/C10H20O3/c1-7(2)5-8-9(6-11)13-10(3,4)12-8/h7-9,11H,5-6H2,1-4H3/t8-,9-/m0/s1. The third-order valence-corrected chi connectivity index (χ3v) is 2.17. The lowest BCUT2D eigenvalue weighted by Gasteiger charge is -2.17. The van der Waals surface area contributed by atoms with Crippen LogP contribution in [-0.2, 0) is 9.47 Å². The molecular weight excluding hydrogens is 168 g/mol. The van der Waals surface area contributed by atoms with E-state index in [2.05, 4.69) is 13.8 Å². The predicted octanol–water partition coefficient (Wildman–Crippen LogP) is 1.54. The minimum absolute atomic E-state index is 0.0417. The molecule has 0 aromatic carbocycles. The van der Waals surface area contributed by atoms with Crippen LogP contribution in [0.1, 0.15) is 34.1 Å². The van der Waals surface area contributed by atoms with Crippen molar-refractivity contribution in [1.82, 2.24) is 0 Å². The third kappa shape index (κ3) is 2.93. The molecule has 1 fully saturated rings. The van der Waals surface area contributed by atoms with E-state index in [0.717, 1.165) is 6.42 Å². The molecule has 1 heterocycles. The minimum atomic E-state index is -0.535. The second kappa shape index (κ2) is 3.95. The van der Waals surface area contributed by atoms with Crippen molar-refractivity contribution in [1.29, 1.82) is 0 Å². The van der Waals surface area contributed by atoms with Crippen molar-refractivity contribution in [2.24, 2.45) is 5.92 Å². The first kappa shape index (κ1) is 11.0. The molecule has 0 unspecified atom stereocenters. The highest BCUT2D eigenvalue weighted by Gasteiger charge is 2.40. The zero-order valence-corrected chi connectivity index (χ0v) is 8.91. The van der Waals surface area contributed by atoms with Gasteiger partial charge in [-0.2, -0.15) is 0 Å². The summed E-state index contributed by atoms with van der Waals surface area (Å²) in [6, 6.07) is 0. The normalized spacial score (nSPS) is 32.8. The second-order valence-electron chi connectivity index (χ2n) is 4.52. The van der Waals surface area contributed by atoms with E-state index >= 15 is 0 Å². The van der Waals surface area contributed by atoms with Gasteiger partial charge in [-0.3, -0.25) is 0 Å². The number of hydrogen-bond acceptors (Lipinski definition) is 3. The maximum atomic E-state index is 9.08. The first-order chi connectivity index (χ1) is 5.94. The lowest BCUT2D eigenvalue weighted by atomic mass is 10.0. The molecule has 3 heteroatoms. The molecule has 0 bridgehead atoms. The van der Waals surface area contributed by atoms with Crippen LogP contribution in [0.2, 0.25) is 0 Å². The van der Waals surface area contributed by atoms with Crippen molar-refractivity contribution < 1.29 is 14.6 Å². The number of ether oxygens (including phenoxy) is 2. The van der Waals surface area contributed by atoms with Crippen molar-refractivity contribution in [2.75, 3.05) is 6.61 Å². The van der Waals surface area contributed by atoms with E-state index in [-0.39, 0.29) is 18.8 Å². The van der Waals surface area contributed by atoms with E-state index in [1.165, 1.54) is 0 Å². The van der Waals surface area contributed by atoms with Crippen LogP contribution in [0.25, 0.3) is 0 Å². The van der Waals surface area contributed by atoms with Gasteiger partial charge >= 0.3 is 0 Å². The molecule has 78 valence electrons. The maximum absolute atomic E-state index is 9.08. The Morgan fingerprint density at radius 1 is 1.23 bits per heavy atom. The Hall–Kier alpha value is -0.120. The summed E-state index contributed by atoms with van der Waals surface area (Å²) in [6.07, 6.45) is 0.826. The van der Waals surface area contributed by atoms with E-state index in [4.69, 9.17) is 14.6 Å². The Labute approximate surface area is 80.0 Å². The van der Waals surface area contributed by atoms with E-state index in [9.17, 15) is 0 Å². The summed E-state index contributed by atoms with van der Waals surface area (Å²) in [6.45, 7) is 8.10. The molecule has 0 radical (unpaired) electrons. The number of aliphatic hydroxyl groups is 1. The quantitative estimate of drug-likeness (QED) is 0.730. The monoisotopic (exact) mass is 188 g/mol. The summed E-state index contributed by atoms with van der Waals surface area (Å²) in [5, 5.41) is 9.08. The minimum Gasteiger partial charge on any atom is -0.394 e. The molecule has 1 aliphatic heterocycles. The predicted molar refractivity (Wildman–Crippen MR) is 50.4 cm³/mol.